The number of hydrogen-bond acceptors (Lipinski definition) is 4. The molecule has 0 radical (unpaired) electrons. The minimum Gasteiger partial charge on any atom is -0.465 e. The maximum atomic E-state index is 13.2. The van der Waals surface area contributed by atoms with Crippen molar-refractivity contribution in [3.63, 3.8) is 0 Å². The second-order valence-corrected chi connectivity index (χ2v) is 4.78. The van der Waals surface area contributed by atoms with E-state index in [1.807, 2.05) is 0 Å². The number of carbonyl (C=O) groups excluding carboxylic acids is 1. The molecule has 0 aliphatic rings. The van der Waals surface area contributed by atoms with Gasteiger partial charge in [0.05, 0.1) is 25.4 Å². The van der Waals surface area contributed by atoms with Gasteiger partial charge in [0.2, 0.25) is 0 Å². The van der Waals surface area contributed by atoms with Crippen LogP contribution in [0.3, 0.4) is 0 Å². The average Bonchev–Trinajstić information content (AvgIpc) is 2.55. The topological polar surface area (TPSA) is 61.5 Å². The van der Waals surface area contributed by atoms with Gasteiger partial charge in [-0.15, -0.1) is 0 Å². The van der Waals surface area contributed by atoms with Gasteiger partial charge in [-0.3, -0.25) is 0 Å². The number of halogens is 1. The van der Waals surface area contributed by atoms with Crippen molar-refractivity contribution in [3.8, 4) is 0 Å². The zero-order chi connectivity index (χ0) is 15.9. The third-order valence-electron chi connectivity index (χ3n) is 3.26. The molecule has 0 fully saturated rings. The highest BCUT2D eigenvalue weighted by Gasteiger charge is 2.11. The van der Waals surface area contributed by atoms with E-state index in [9.17, 15) is 9.18 Å². The Balaban J connectivity index is 2.00. The zero-order valence-electron chi connectivity index (χ0n) is 12.3. The summed E-state index contributed by atoms with van der Waals surface area (Å²) < 4.78 is 23.6. The van der Waals surface area contributed by atoms with Crippen LogP contribution in [0, 0.1) is 5.82 Å². The molecule has 22 heavy (non-hydrogen) atoms. The largest absolute Gasteiger partial charge is 0.465 e. The molecule has 0 saturated heterocycles. The Labute approximate surface area is 128 Å². The number of benzene rings is 2. The fourth-order valence-electron chi connectivity index (χ4n) is 2.06. The van der Waals surface area contributed by atoms with E-state index in [0.717, 1.165) is 5.56 Å². The van der Waals surface area contributed by atoms with Crippen LogP contribution in [0.2, 0.25) is 0 Å². The van der Waals surface area contributed by atoms with E-state index >= 15 is 0 Å². The van der Waals surface area contributed by atoms with E-state index in [1.54, 1.807) is 36.4 Å². The molecule has 0 spiro atoms. The van der Waals surface area contributed by atoms with Gasteiger partial charge in [0.25, 0.3) is 0 Å². The molecule has 2 aromatic carbocycles. The fourth-order valence-corrected chi connectivity index (χ4v) is 2.06. The Morgan fingerprint density at radius 2 is 1.95 bits per heavy atom. The summed E-state index contributed by atoms with van der Waals surface area (Å²) in [5, 5.41) is 0. The first-order valence-electron chi connectivity index (χ1n) is 6.88. The van der Waals surface area contributed by atoms with Gasteiger partial charge < -0.3 is 15.2 Å². The molecule has 0 aromatic heterocycles. The number of hydrogen-bond donors (Lipinski definition) is 1. The van der Waals surface area contributed by atoms with Crippen LogP contribution in [0.25, 0.3) is 0 Å². The van der Waals surface area contributed by atoms with Crippen molar-refractivity contribution in [2.45, 2.75) is 12.7 Å². The van der Waals surface area contributed by atoms with Crippen molar-refractivity contribution in [2.24, 2.45) is 5.73 Å². The molecular formula is C17H18FNO3. The van der Waals surface area contributed by atoms with E-state index in [2.05, 4.69) is 4.74 Å². The Kier molecular flexibility index (Phi) is 5.63. The zero-order valence-corrected chi connectivity index (χ0v) is 12.3. The smallest absolute Gasteiger partial charge is 0.337 e. The van der Waals surface area contributed by atoms with Crippen LogP contribution >= 0.6 is 0 Å². The van der Waals surface area contributed by atoms with Crippen molar-refractivity contribution in [1.82, 2.24) is 0 Å². The molecular weight excluding hydrogens is 285 g/mol. The number of methoxy groups -OCH3 is 1. The molecule has 0 heterocycles. The van der Waals surface area contributed by atoms with Gasteiger partial charge in [-0.1, -0.05) is 24.3 Å². The van der Waals surface area contributed by atoms with Crippen molar-refractivity contribution < 1.29 is 18.7 Å². The molecule has 1 unspecified atom stereocenters. The van der Waals surface area contributed by atoms with E-state index in [4.69, 9.17) is 10.5 Å². The average molecular weight is 303 g/mol. The summed E-state index contributed by atoms with van der Waals surface area (Å²) in [6.07, 6.45) is -0.379. The predicted octanol–water partition coefficient (Wildman–Crippen LogP) is 2.83. The summed E-state index contributed by atoms with van der Waals surface area (Å²) in [5.41, 5.74) is 7.76. The number of esters is 1. The number of rotatable bonds is 6. The monoisotopic (exact) mass is 303 g/mol. The summed E-state index contributed by atoms with van der Waals surface area (Å²) >= 11 is 0. The van der Waals surface area contributed by atoms with Gasteiger partial charge in [0.15, 0.2) is 0 Å². The molecule has 2 aromatic rings. The van der Waals surface area contributed by atoms with E-state index in [1.165, 1.54) is 19.2 Å². The van der Waals surface area contributed by atoms with Crippen LogP contribution in [-0.2, 0) is 16.1 Å². The molecule has 0 saturated carbocycles. The fraction of sp³-hybridized carbons (Fsp3) is 0.235. The Bertz CT molecular complexity index is 628. The maximum Gasteiger partial charge on any atom is 0.337 e. The van der Waals surface area contributed by atoms with Gasteiger partial charge in [0, 0.05) is 6.54 Å². The van der Waals surface area contributed by atoms with Crippen molar-refractivity contribution >= 4 is 5.97 Å². The predicted molar refractivity (Wildman–Crippen MR) is 80.8 cm³/mol. The third-order valence-corrected chi connectivity index (χ3v) is 3.26. The first kappa shape index (κ1) is 16.1. The molecule has 5 heteroatoms. The highest BCUT2D eigenvalue weighted by molar-refractivity contribution is 5.89. The van der Waals surface area contributed by atoms with Crippen LogP contribution in [-0.4, -0.2) is 19.6 Å². The molecule has 4 nitrogen and oxygen atoms in total. The summed E-state index contributed by atoms with van der Waals surface area (Å²) in [7, 11) is 1.34. The molecule has 0 aliphatic heterocycles. The molecule has 2 N–H and O–H groups in total. The highest BCUT2D eigenvalue weighted by Crippen LogP contribution is 2.19. The van der Waals surface area contributed by atoms with E-state index in [0.29, 0.717) is 17.7 Å². The molecule has 0 bridgehead atoms. The summed E-state index contributed by atoms with van der Waals surface area (Å²) in [6.45, 7) is 0.573. The van der Waals surface area contributed by atoms with E-state index in [-0.39, 0.29) is 24.4 Å². The van der Waals surface area contributed by atoms with Crippen molar-refractivity contribution in [1.29, 1.82) is 0 Å². The summed E-state index contributed by atoms with van der Waals surface area (Å²) in [4.78, 5) is 11.3. The van der Waals surface area contributed by atoms with Crippen LogP contribution in [0.15, 0.2) is 48.5 Å². The van der Waals surface area contributed by atoms with E-state index < -0.39 is 0 Å². The molecule has 1 atom stereocenters. The minimum atomic E-state index is -0.382. The lowest BCUT2D eigenvalue weighted by Gasteiger charge is -2.16. The van der Waals surface area contributed by atoms with Crippen LogP contribution in [0.5, 0.6) is 0 Å². The number of carbonyl (C=O) groups is 1. The van der Waals surface area contributed by atoms with Crippen molar-refractivity contribution in [3.05, 3.63) is 71.0 Å². The normalized spacial score (nSPS) is 12.0. The first-order valence-corrected chi connectivity index (χ1v) is 6.88. The maximum absolute atomic E-state index is 13.2. The highest BCUT2D eigenvalue weighted by atomic mass is 19.1. The van der Waals surface area contributed by atoms with Crippen LogP contribution < -0.4 is 5.73 Å². The number of ether oxygens (including phenoxy) is 2. The standard InChI is InChI=1S/C17H18FNO3/c1-21-17(20)13-7-5-12(6-8-13)11-22-16(10-19)14-3-2-4-15(18)9-14/h2-9,16H,10-11,19H2,1H3. The lowest BCUT2D eigenvalue weighted by atomic mass is 10.1. The molecule has 0 aliphatic carbocycles. The third kappa shape index (κ3) is 4.13. The lowest BCUT2D eigenvalue weighted by Crippen LogP contribution is -2.16. The Morgan fingerprint density at radius 3 is 2.55 bits per heavy atom. The van der Waals surface area contributed by atoms with Gasteiger partial charge >= 0.3 is 5.97 Å². The van der Waals surface area contributed by atoms with Crippen LogP contribution in [0.4, 0.5) is 4.39 Å². The van der Waals surface area contributed by atoms with Gasteiger partial charge in [-0.25, -0.2) is 9.18 Å². The molecule has 116 valence electrons. The Hall–Kier alpha value is -2.24. The first-order chi connectivity index (χ1) is 10.6. The number of nitrogens with two attached hydrogens (primary N) is 1. The molecule has 2 rings (SSSR count). The second-order valence-electron chi connectivity index (χ2n) is 4.78. The quantitative estimate of drug-likeness (QED) is 0.834. The van der Waals surface area contributed by atoms with Gasteiger partial charge in [-0.05, 0) is 35.4 Å². The second kappa shape index (κ2) is 7.68. The van der Waals surface area contributed by atoms with Crippen LogP contribution in [0.1, 0.15) is 27.6 Å². The minimum absolute atomic E-state index is 0.254. The van der Waals surface area contributed by atoms with Gasteiger partial charge in [-0.2, -0.15) is 0 Å². The SMILES string of the molecule is COC(=O)c1ccc(COC(CN)c2cccc(F)c2)cc1. The molecule has 0 amide bonds. The summed E-state index contributed by atoms with van der Waals surface area (Å²) in [6, 6.07) is 13.1. The lowest BCUT2D eigenvalue weighted by molar-refractivity contribution is 0.0454. The Morgan fingerprint density at radius 1 is 1.23 bits per heavy atom. The van der Waals surface area contributed by atoms with Crippen molar-refractivity contribution in [2.75, 3.05) is 13.7 Å². The van der Waals surface area contributed by atoms with Gasteiger partial charge in [0.1, 0.15) is 5.82 Å². The summed E-state index contributed by atoms with van der Waals surface area (Å²) in [5.74, 6) is -0.700.